The first-order valence-electron chi connectivity index (χ1n) is 5.54. The molecule has 0 aliphatic carbocycles. The molecule has 1 heterocycles. The molecule has 1 atom stereocenters. The zero-order chi connectivity index (χ0) is 12.8. The van der Waals surface area contributed by atoms with E-state index in [1.807, 2.05) is 6.92 Å². The summed E-state index contributed by atoms with van der Waals surface area (Å²) in [7, 11) is 1.62. The van der Waals surface area contributed by atoms with Crippen molar-refractivity contribution in [2.45, 2.75) is 20.0 Å². The number of likely N-dealkylation sites (N-methyl/N-ethyl adjacent to an activating group) is 1. The number of nitrogens with one attached hydrogen (secondary N) is 1. The van der Waals surface area contributed by atoms with Crippen LogP contribution in [0.4, 0.5) is 5.82 Å². The highest BCUT2D eigenvalue weighted by Crippen LogP contribution is 2.04. The van der Waals surface area contributed by atoms with Crippen LogP contribution in [0.2, 0.25) is 0 Å². The molecule has 0 saturated carbocycles. The molecule has 1 aromatic rings. The number of hydrogen-bond acceptors (Lipinski definition) is 5. The first-order chi connectivity index (χ1) is 8.04. The summed E-state index contributed by atoms with van der Waals surface area (Å²) in [6.45, 7) is 4.56. The van der Waals surface area contributed by atoms with Crippen LogP contribution < -0.4 is 5.32 Å². The van der Waals surface area contributed by atoms with Crippen LogP contribution in [0.25, 0.3) is 0 Å². The standard InChI is InChI=1S/C11H18N4O2/c1-4-13-10-6-12-5-9(14-10)11(17)15(3)7-8(2)16/h5-6,8,16H,4,7H2,1-3H3,(H,13,14). The first kappa shape index (κ1) is 13.4. The normalized spacial score (nSPS) is 12.0. The zero-order valence-corrected chi connectivity index (χ0v) is 10.3. The predicted octanol–water partition coefficient (Wildman–Crippen LogP) is 0.361. The lowest BCUT2D eigenvalue weighted by atomic mass is 10.3. The maximum Gasteiger partial charge on any atom is 0.273 e. The van der Waals surface area contributed by atoms with E-state index in [2.05, 4.69) is 15.3 Å². The Morgan fingerprint density at radius 2 is 2.29 bits per heavy atom. The summed E-state index contributed by atoms with van der Waals surface area (Å²) < 4.78 is 0. The van der Waals surface area contributed by atoms with Crippen molar-refractivity contribution in [1.29, 1.82) is 0 Å². The third kappa shape index (κ3) is 3.99. The maximum absolute atomic E-state index is 11.9. The summed E-state index contributed by atoms with van der Waals surface area (Å²) in [6.07, 6.45) is 2.42. The van der Waals surface area contributed by atoms with Crippen LogP contribution in [-0.4, -0.2) is 52.1 Å². The van der Waals surface area contributed by atoms with E-state index in [1.54, 1.807) is 20.2 Å². The topological polar surface area (TPSA) is 78.4 Å². The van der Waals surface area contributed by atoms with E-state index in [0.717, 1.165) is 6.54 Å². The second-order valence-electron chi connectivity index (χ2n) is 3.85. The third-order valence-electron chi connectivity index (χ3n) is 2.10. The van der Waals surface area contributed by atoms with Gasteiger partial charge in [-0.1, -0.05) is 0 Å². The van der Waals surface area contributed by atoms with Gasteiger partial charge in [-0.05, 0) is 13.8 Å². The number of rotatable bonds is 5. The lowest BCUT2D eigenvalue weighted by Gasteiger charge is -2.18. The number of aliphatic hydroxyl groups excluding tert-OH is 1. The van der Waals surface area contributed by atoms with Gasteiger partial charge in [-0.3, -0.25) is 9.78 Å². The Bertz CT molecular complexity index is 381. The Morgan fingerprint density at radius 3 is 2.88 bits per heavy atom. The van der Waals surface area contributed by atoms with Crippen LogP contribution in [0, 0.1) is 0 Å². The van der Waals surface area contributed by atoms with Gasteiger partial charge < -0.3 is 15.3 Å². The van der Waals surface area contributed by atoms with Crippen molar-refractivity contribution in [2.24, 2.45) is 0 Å². The lowest BCUT2D eigenvalue weighted by molar-refractivity contribution is 0.0698. The van der Waals surface area contributed by atoms with Gasteiger partial charge in [0.2, 0.25) is 0 Å². The molecule has 0 aromatic carbocycles. The average Bonchev–Trinajstić information content (AvgIpc) is 2.28. The van der Waals surface area contributed by atoms with Gasteiger partial charge in [-0.15, -0.1) is 0 Å². The van der Waals surface area contributed by atoms with Crippen LogP contribution in [0.3, 0.4) is 0 Å². The fourth-order valence-electron chi connectivity index (χ4n) is 1.41. The van der Waals surface area contributed by atoms with Gasteiger partial charge in [-0.2, -0.15) is 0 Å². The van der Waals surface area contributed by atoms with Crippen molar-refractivity contribution in [1.82, 2.24) is 14.9 Å². The predicted molar refractivity (Wildman–Crippen MR) is 64.8 cm³/mol. The van der Waals surface area contributed by atoms with Gasteiger partial charge in [0.05, 0.1) is 18.5 Å². The fourth-order valence-corrected chi connectivity index (χ4v) is 1.41. The average molecular weight is 238 g/mol. The number of anilines is 1. The molecule has 0 aliphatic heterocycles. The largest absolute Gasteiger partial charge is 0.392 e. The quantitative estimate of drug-likeness (QED) is 0.774. The van der Waals surface area contributed by atoms with Crippen molar-refractivity contribution in [3.63, 3.8) is 0 Å². The van der Waals surface area contributed by atoms with E-state index >= 15 is 0 Å². The number of aromatic nitrogens is 2. The summed E-state index contributed by atoms with van der Waals surface area (Å²) in [5, 5.41) is 12.2. The minimum absolute atomic E-state index is 0.252. The number of aliphatic hydroxyl groups is 1. The van der Waals surface area contributed by atoms with Crippen LogP contribution in [0.1, 0.15) is 24.3 Å². The SMILES string of the molecule is CCNc1cncc(C(=O)N(C)CC(C)O)n1. The number of hydrogen-bond donors (Lipinski definition) is 2. The van der Waals surface area contributed by atoms with Crippen LogP contribution in [0.5, 0.6) is 0 Å². The van der Waals surface area contributed by atoms with Crippen LogP contribution in [-0.2, 0) is 0 Å². The summed E-state index contributed by atoms with van der Waals surface area (Å²) in [5.41, 5.74) is 0.270. The van der Waals surface area contributed by atoms with Gasteiger partial charge in [0.1, 0.15) is 11.5 Å². The highest BCUT2D eigenvalue weighted by atomic mass is 16.3. The lowest BCUT2D eigenvalue weighted by Crippen LogP contribution is -2.33. The van der Waals surface area contributed by atoms with Crippen molar-refractivity contribution in [2.75, 3.05) is 25.5 Å². The molecule has 6 nitrogen and oxygen atoms in total. The number of carbonyl (C=O) groups excluding carboxylic acids is 1. The third-order valence-corrected chi connectivity index (χ3v) is 2.10. The molecule has 0 fully saturated rings. The van der Waals surface area contributed by atoms with E-state index in [1.165, 1.54) is 11.1 Å². The molecule has 17 heavy (non-hydrogen) atoms. The monoisotopic (exact) mass is 238 g/mol. The van der Waals surface area contributed by atoms with Crippen molar-refractivity contribution in [3.8, 4) is 0 Å². The molecule has 0 bridgehead atoms. The van der Waals surface area contributed by atoms with E-state index in [4.69, 9.17) is 0 Å². The molecule has 1 rings (SSSR count). The molecule has 0 spiro atoms. The molecular weight excluding hydrogens is 220 g/mol. The molecule has 1 amide bonds. The minimum atomic E-state index is -0.561. The molecule has 2 N–H and O–H groups in total. The summed E-state index contributed by atoms with van der Waals surface area (Å²) in [4.78, 5) is 21.4. The molecule has 0 saturated heterocycles. The molecular formula is C11H18N4O2. The van der Waals surface area contributed by atoms with E-state index < -0.39 is 6.10 Å². The Hall–Kier alpha value is -1.69. The Morgan fingerprint density at radius 1 is 1.59 bits per heavy atom. The molecule has 94 valence electrons. The van der Waals surface area contributed by atoms with Crippen molar-refractivity contribution < 1.29 is 9.90 Å². The molecule has 0 aliphatic rings. The minimum Gasteiger partial charge on any atom is -0.392 e. The summed E-state index contributed by atoms with van der Waals surface area (Å²) in [6, 6.07) is 0. The molecule has 0 radical (unpaired) electrons. The van der Waals surface area contributed by atoms with Crippen LogP contribution in [0.15, 0.2) is 12.4 Å². The maximum atomic E-state index is 11.9. The molecule has 1 unspecified atom stereocenters. The second-order valence-corrected chi connectivity index (χ2v) is 3.85. The summed E-state index contributed by atoms with van der Waals surface area (Å²) in [5.74, 6) is 0.321. The molecule has 1 aromatic heterocycles. The summed E-state index contributed by atoms with van der Waals surface area (Å²) >= 11 is 0. The van der Waals surface area contributed by atoms with Gasteiger partial charge in [0.25, 0.3) is 5.91 Å². The van der Waals surface area contributed by atoms with Crippen molar-refractivity contribution >= 4 is 11.7 Å². The highest BCUT2D eigenvalue weighted by molar-refractivity contribution is 5.92. The second kappa shape index (κ2) is 6.15. The van der Waals surface area contributed by atoms with E-state index in [0.29, 0.717) is 5.82 Å². The van der Waals surface area contributed by atoms with E-state index in [-0.39, 0.29) is 18.1 Å². The Balaban J connectivity index is 2.77. The van der Waals surface area contributed by atoms with Gasteiger partial charge in [0, 0.05) is 20.1 Å². The number of amides is 1. The van der Waals surface area contributed by atoms with Gasteiger partial charge in [0.15, 0.2) is 0 Å². The highest BCUT2D eigenvalue weighted by Gasteiger charge is 2.15. The Kier molecular flexibility index (Phi) is 4.84. The smallest absolute Gasteiger partial charge is 0.273 e. The van der Waals surface area contributed by atoms with Gasteiger partial charge >= 0.3 is 0 Å². The zero-order valence-electron chi connectivity index (χ0n) is 10.3. The number of carbonyl (C=O) groups is 1. The van der Waals surface area contributed by atoms with Crippen LogP contribution >= 0.6 is 0 Å². The molecule has 6 heteroatoms. The van der Waals surface area contributed by atoms with Gasteiger partial charge in [-0.25, -0.2) is 4.98 Å². The fraction of sp³-hybridized carbons (Fsp3) is 0.545. The van der Waals surface area contributed by atoms with E-state index in [9.17, 15) is 9.90 Å². The van der Waals surface area contributed by atoms with Crippen molar-refractivity contribution in [3.05, 3.63) is 18.1 Å². The number of nitrogens with zero attached hydrogens (tertiary/aromatic N) is 3. The Labute approximate surface area is 101 Å². The first-order valence-corrected chi connectivity index (χ1v) is 5.54.